The van der Waals surface area contributed by atoms with Crippen LogP contribution < -0.4 is 15.2 Å². The quantitative estimate of drug-likeness (QED) is 0.493. The van der Waals surface area contributed by atoms with Crippen molar-refractivity contribution < 1.29 is 4.74 Å². The lowest BCUT2D eigenvalue weighted by molar-refractivity contribution is 0.181. The number of benzene rings is 1. The van der Waals surface area contributed by atoms with Gasteiger partial charge in [-0.15, -0.1) is 0 Å². The molecule has 3 aromatic rings. The smallest absolute Gasteiger partial charge is 0.258 e. The molecule has 35 heavy (non-hydrogen) atoms. The fraction of sp³-hybridized carbons (Fsp3) is 0.517. The lowest BCUT2D eigenvalue weighted by atomic mass is 9.95. The summed E-state index contributed by atoms with van der Waals surface area (Å²) in [6.07, 6.45) is 8.50. The van der Waals surface area contributed by atoms with Crippen molar-refractivity contribution in [1.29, 1.82) is 0 Å². The molecule has 0 spiro atoms. The molecule has 0 bridgehead atoms. The average molecular weight is 477 g/mol. The van der Waals surface area contributed by atoms with Crippen LogP contribution >= 0.6 is 0 Å². The van der Waals surface area contributed by atoms with E-state index in [0.717, 1.165) is 41.6 Å². The van der Waals surface area contributed by atoms with Gasteiger partial charge in [-0.1, -0.05) is 32.4 Å². The van der Waals surface area contributed by atoms with Crippen molar-refractivity contribution in [3.05, 3.63) is 58.5 Å². The number of anilines is 1. The van der Waals surface area contributed by atoms with Crippen LogP contribution in [0.4, 0.5) is 5.69 Å². The van der Waals surface area contributed by atoms with Crippen LogP contribution in [-0.4, -0.2) is 54.1 Å². The molecule has 0 aliphatic carbocycles. The zero-order valence-electron chi connectivity index (χ0n) is 21.8. The molecule has 0 N–H and O–H groups in total. The van der Waals surface area contributed by atoms with E-state index in [0.29, 0.717) is 11.3 Å². The predicted octanol–water partition coefficient (Wildman–Crippen LogP) is 5.41. The normalized spacial score (nSPS) is 17.2. The number of hydrogen-bond acceptors (Lipinski definition) is 5. The van der Waals surface area contributed by atoms with Crippen LogP contribution in [0.1, 0.15) is 51.5 Å². The maximum atomic E-state index is 13.0. The molecule has 1 aromatic carbocycles. The molecule has 0 amide bonds. The molecule has 2 aromatic heterocycles. The maximum Gasteiger partial charge on any atom is 0.258 e. The second-order valence-electron chi connectivity index (χ2n) is 9.57. The molecule has 0 saturated carbocycles. The van der Waals surface area contributed by atoms with Gasteiger partial charge in [-0.2, -0.15) is 0 Å². The minimum absolute atomic E-state index is 0.0589. The highest BCUT2D eigenvalue weighted by Gasteiger charge is 2.23. The largest absolute Gasteiger partial charge is 0.496 e. The van der Waals surface area contributed by atoms with Crippen LogP contribution in [-0.2, 0) is 0 Å². The third-order valence-electron chi connectivity index (χ3n) is 7.29. The first-order valence-electron chi connectivity index (χ1n) is 13.3. The summed E-state index contributed by atoms with van der Waals surface area (Å²) in [5, 5.41) is 0. The van der Waals surface area contributed by atoms with Crippen LogP contribution in [0.3, 0.4) is 0 Å². The van der Waals surface area contributed by atoms with E-state index in [1.165, 1.54) is 51.7 Å². The number of pyridine rings is 1. The van der Waals surface area contributed by atoms with Crippen LogP contribution in [0, 0.1) is 12.8 Å². The van der Waals surface area contributed by atoms with Gasteiger partial charge in [0.2, 0.25) is 0 Å². The van der Waals surface area contributed by atoms with E-state index in [1.54, 1.807) is 17.6 Å². The lowest BCUT2D eigenvalue weighted by Gasteiger charge is -2.37. The Balaban J connectivity index is 0.00000141. The van der Waals surface area contributed by atoms with Gasteiger partial charge < -0.3 is 14.5 Å². The molecule has 0 atom stereocenters. The van der Waals surface area contributed by atoms with Gasteiger partial charge >= 0.3 is 0 Å². The van der Waals surface area contributed by atoms with Crippen LogP contribution in [0.2, 0.25) is 0 Å². The number of aromatic nitrogens is 2. The lowest BCUT2D eigenvalue weighted by Crippen LogP contribution is -2.40. The summed E-state index contributed by atoms with van der Waals surface area (Å²) in [6.45, 7) is 11.9. The monoisotopic (exact) mass is 476 g/mol. The third kappa shape index (κ3) is 5.87. The van der Waals surface area contributed by atoms with Crippen LogP contribution in [0.25, 0.3) is 16.9 Å². The second-order valence-corrected chi connectivity index (χ2v) is 9.57. The van der Waals surface area contributed by atoms with Gasteiger partial charge in [0, 0.05) is 37.5 Å². The summed E-state index contributed by atoms with van der Waals surface area (Å²) >= 11 is 0. The van der Waals surface area contributed by atoms with Gasteiger partial charge in [-0.25, -0.2) is 4.98 Å². The number of rotatable bonds is 5. The van der Waals surface area contributed by atoms with E-state index in [4.69, 9.17) is 9.72 Å². The molecular formula is C29H40N4O2. The molecule has 2 fully saturated rings. The first-order valence-corrected chi connectivity index (χ1v) is 13.3. The molecule has 4 heterocycles. The molecule has 6 heteroatoms. The topological polar surface area (TPSA) is 50.1 Å². The number of likely N-dealkylation sites (tertiary alicyclic amines) is 1. The fourth-order valence-electron chi connectivity index (χ4n) is 5.29. The molecule has 5 rings (SSSR count). The Hall–Kier alpha value is -2.86. The average Bonchev–Trinajstić information content (AvgIpc) is 2.91. The Morgan fingerprint density at radius 3 is 2.43 bits per heavy atom. The number of nitrogens with zero attached hydrogens (tertiary/aromatic N) is 4. The Labute approximate surface area is 209 Å². The Morgan fingerprint density at radius 2 is 1.71 bits per heavy atom. The molecule has 0 unspecified atom stereocenters. The van der Waals surface area contributed by atoms with Gasteiger partial charge in [0.25, 0.3) is 5.56 Å². The van der Waals surface area contributed by atoms with E-state index in [9.17, 15) is 4.79 Å². The molecule has 6 nitrogen and oxygen atoms in total. The fourth-order valence-corrected chi connectivity index (χ4v) is 5.29. The summed E-state index contributed by atoms with van der Waals surface area (Å²) in [5.41, 5.74) is 4.33. The predicted molar refractivity (Wildman–Crippen MR) is 145 cm³/mol. The molecule has 2 aliphatic heterocycles. The van der Waals surface area contributed by atoms with E-state index in [1.807, 2.05) is 51.2 Å². The number of aryl methyl sites for hydroxylation is 1. The number of methoxy groups -OCH3 is 1. The molecule has 0 radical (unpaired) electrons. The first-order chi connectivity index (χ1) is 17.1. The Bertz CT molecular complexity index is 1180. The zero-order valence-corrected chi connectivity index (χ0v) is 21.8. The third-order valence-corrected chi connectivity index (χ3v) is 7.29. The van der Waals surface area contributed by atoms with Gasteiger partial charge in [0.15, 0.2) is 0 Å². The van der Waals surface area contributed by atoms with Gasteiger partial charge in [0.1, 0.15) is 11.4 Å². The van der Waals surface area contributed by atoms with Crippen molar-refractivity contribution in [2.24, 2.45) is 5.92 Å². The Morgan fingerprint density at radius 1 is 0.971 bits per heavy atom. The first kappa shape index (κ1) is 25.2. The van der Waals surface area contributed by atoms with Crippen molar-refractivity contribution >= 4 is 11.3 Å². The maximum absolute atomic E-state index is 13.0. The highest BCUT2D eigenvalue weighted by atomic mass is 16.5. The molecule has 2 aliphatic rings. The van der Waals surface area contributed by atoms with Crippen molar-refractivity contribution in [2.45, 2.75) is 52.9 Å². The molecule has 2 saturated heterocycles. The van der Waals surface area contributed by atoms with E-state index >= 15 is 0 Å². The van der Waals surface area contributed by atoms with Crippen LogP contribution in [0.5, 0.6) is 5.75 Å². The van der Waals surface area contributed by atoms with Crippen LogP contribution in [0.15, 0.2) is 47.4 Å². The molecular weight excluding hydrogens is 436 g/mol. The molecule has 188 valence electrons. The second kappa shape index (κ2) is 11.7. The standard InChI is InChI=1S/C27H34N4O2.C2H6/c1-20-6-7-22(16-25(20)33-2)24-17-27(32)31-19-23(8-9-26(31)28-24)30-14-10-21(11-15-30)18-29-12-4-3-5-13-29;1-2/h6-9,16-17,19,21H,3-5,10-15,18H2,1-2H3;1-2H3. The summed E-state index contributed by atoms with van der Waals surface area (Å²) in [4.78, 5) is 22.8. The number of fused-ring (bicyclic) bond motifs is 1. The number of ether oxygens (including phenoxy) is 1. The highest BCUT2D eigenvalue weighted by Crippen LogP contribution is 2.27. The minimum Gasteiger partial charge on any atom is -0.496 e. The highest BCUT2D eigenvalue weighted by molar-refractivity contribution is 5.65. The van der Waals surface area contributed by atoms with Crippen molar-refractivity contribution in [1.82, 2.24) is 14.3 Å². The number of hydrogen-bond donors (Lipinski definition) is 0. The zero-order chi connectivity index (χ0) is 24.8. The minimum atomic E-state index is -0.0589. The SMILES string of the molecule is CC.COc1cc(-c2cc(=O)n3cc(N4CCC(CN5CCCCC5)CC4)ccc3n2)ccc1C. The van der Waals surface area contributed by atoms with Crippen molar-refractivity contribution in [3.8, 4) is 17.0 Å². The van der Waals surface area contributed by atoms with Crippen molar-refractivity contribution in [3.63, 3.8) is 0 Å². The van der Waals surface area contributed by atoms with E-state index in [2.05, 4.69) is 15.9 Å². The summed E-state index contributed by atoms with van der Waals surface area (Å²) < 4.78 is 7.11. The summed E-state index contributed by atoms with van der Waals surface area (Å²) in [7, 11) is 1.66. The summed E-state index contributed by atoms with van der Waals surface area (Å²) in [5.74, 6) is 1.59. The Kier molecular flexibility index (Phi) is 8.45. The van der Waals surface area contributed by atoms with Gasteiger partial charge in [-0.3, -0.25) is 9.20 Å². The van der Waals surface area contributed by atoms with Gasteiger partial charge in [0.05, 0.1) is 18.5 Å². The summed E-state index contributed by atoms with van der Waals surface area (Å²) in [6, 6.07) is 11.6. The van der Waals surface area contributed by atoms with E-state index < -0.39 is 0 Å². The van der Waals surface area contributed by atoms with E-state index in [-0.39, 0.29) is 5.56 Å². The van der Waals surface area contributed by atoms with Crippen molar-refractivity contribution in [2.75, 3.05) is 44.7 Å². The number of piperidine rings is 2. The van der Waals surface area contributed by atoms with Gasteiger partial charge in [-0.05, 0) is 75.4 Å².